The lowest BCUT2D eigenvalue weighted by Gasteiger charge is -2.27. The second-order valence-corrected chi connectivity index (χ2v) is 5.83. The van der Waals surface area contributed by atoms with E-state index in [1.54, 1.807) is 6.07 Å². The fourth-order valence-electron chi connectivity index (χ4n) is 2.67. The van der Waals surface area contributed by atoms with Crippen LogP contribution >= 0.6 is 23.2 Å². The lowest BCUT2D eigenvalue weighted by atomic mass is 10.0. The predicted molar refractivity (Wildman–Crippen MR) is 71.7 cm³/mol. The minimum Gasteiger partial charge on any atom is -0.331 e. The number of carbonyl (C=O) groups excluding carboxylic acids is 1. The first-order chi connectivity index (χ1) is 8.58. The van der Waals surface area contributed by atoms with Crippen LogP contribution in [0.1, 0.15) is 30.9 Å². The van der Waals surface area contributed by atoms with Crippen LogP contribution in [0.2, 0.25) is 10.0 Å². The summed E-state index contributed by atoms with van der Waals surface area (Å²) in [4.78, 5) is 13.9. The van der Waals surface area contributed by atoms with Gasteiger partial charge in [0, 0.05) is 18.5 Å². The van der Waals surface area contributed by atoms with Gasteiger partial charge in [-0.15, -0.1) is 0 Å². The third kappa shape index (κ3) is 2.00. The van der Waals surface area contributed by atoms with Gasteiger partial charge >= 0.3 is 0 Å². The Hall–Kier alpha value is -0.770. The average Bonchev–Trinajstić information content (AvgIpc) is 3.09. The molecule has 0 aromatic heterocycles. The summed E-state index contributed by atoms with van der Waals surface area (Å²) in [7, 11) is 0. The average molecular weight is 285 g/mol. The van der Waals surface area contributed by atoms with E-state index in [4.69, 9.17) is 28.9 Å². The molecule has 2 atom stereocenters. The molecule has 1 saturated heterocycles. The van der Waals surface area contributed by atoms with Crippen molar-refractivity contribution in [1.29, 1.82) is 0 Å². The van der Waals surface area contributed by atoms with Crippen molar-refractivity contribution in [3.63, 3.8) is 0 Å². The van der Waals surface area contributed by atoms with Gasteiger partial charge in [0.25, 0.3) is 0 Å². The molecule has 1 aromatic rings. The fraction of sp³-hybridized carbons (Fsp3) is 0.462. The maximum atomic E-state index is 12.0. The van der Waals surface area contributed by atoms with Crippen molar-refractivity contribution in [3.05, 3.63) is 33.8 Å². The molecule has 96 valence electrons. The third-order valence-corrected chi connectivity index (χ3v) is 4.37. The van der Waals surface area contributed by atoms with E-state index in [1.165, 1.54) is 0 Å². The first-order valence-electron chi connectivity index (χ1n) is 6.09. The molecular weight excluding hydrogens is 271 g/mol. The fourth-order valence-corrected chi connectivity index (χ4v) is 2.97. The Bertz CT molecular complexity index is 502. The number of halogens is 2. The highest BCUT2D eigenvalue weighted by molar-refractivity contribution is 6.42. The van der Waals surface area contributed by atoms with Gasteiger partial charge in [-0.05, 0) is 30.5 Å². The van der Waals surface area contributed by atoms with Gasteiger partial charge in [0.1, 0.15) is 0 Å². The summed E-state index contributed by atoms with van der Waals surface area (Å²) in [5.74, 6) is 0.154. The van der Waals surface area contributed by atoms with Gasteiger partial charge < -0.3 is 10.6 Å². The zero-order chi connectivity index (χ0) is 12.9. The molecule has 1 heterocycles. The lowest BCUT2D eigenvalue weighted by molar-refractivity contribution is -0.129. The number of carbonyl (C=O) groups is 1. The van der Waals surface area contributed by atoms with Gasteiger partial charge in [-0.2, -0.15) is 0 Å². The monoisotopic (exact) mass is 284 g/mol. The van der Waals surface area contributed by atoms with Crippen LogP contribution in [0, 0.1) is 0 Å². The van der Waals surface area contributed by atoms with E-state index in [-0.39, 0.29) is 18.0 Å². The third-order valence-electron chi connectivity index (χ3n) is 3.63. The van der Waals surface area contributed by atoms with Crippen LogP contribution in [0.4, 0.5) is 0 Å². The van der Waals surface area contributed by atoms with Crippen LogP contribution < -0.4 is 5.73 Å². The van der Waals surface area contributed by atoms with Crippen molar-refractivity contribution >= 4 is 29.1 Å². The molecule has 0 radical (unpaired) electrons. The Morgan fingerprint density at radius 3 is 2.56 bits per heavy atom. The van der Waals surface area contributed by atoms with Gasteiger partial charge in [0.2, 0.25) is 5.91 Å². The van der Waals surface area contributed by atoms with Crippen LogP contribution in [0.3, 0.4) is 0 Å². The Labute approximate surface area is 116 Å². The summed E-state index contributed by atoms with van der Waals surface area (Å²) < 4.78 is 0. The predicted octanol–water partition coefficient (Wildman–Crippen LogP) is 2.76. The smallest absolute Gasteiger partial charge is 0.225 e. The minimum atomic E-state index is -0.157. The highest BCUT2D eigenvalue weighted by atomic mass is 35.5. The second-order valence-electron chi connectivity index (χ2n) is 5.02. The molecule has 1 aromatic carbocycles. The number of nitrogens with two attached hydrogens (primary N) is 1. The van der Waals surface area contributed by atoms with Crippen molar-refractivity contribution in [2.75, 3.05) is 0 Å². The van der Waals surface area contributed by atoms with Crippen LogP contribution in [0.15, 0.2) is 18.2 Å². The molecule has 1 aliphatic heterocycles. The van der Waals surface area contributed by atoms with Crippen molar-refractivity contribution in [2.24, 2.45) is 5.73 Å². The molecule has 1 amide bonds. The number of benzene rings is 1. The van der Waals surface area contributed by atoms with E-state index in [2.05, 4.69) is 0 Å². The first kappa shape index (κ1) is 12.3. The number of nitrogens with zero attached hydrogens (tertiary/aromatic N) is 1. The van der Waals surface area contributed by atoms with Crippen molar-refractivity contribution < 1.29 is 4.79 Å². The van der Waals surface area contributed by atoms with Gasteiger partial charge in [0.05, 0.1) is 16.1 Å². The summed E-state index contributed by atoms with van der Waals surface area (Å²) in [5, 5.41) is 1.03. The molecule has 1 aliphatic carbocycles. The largest absolute Gasteiger partial charge is 0.331 e. The quantitative estimate of drug-likeness (QED) is 0.908. The maximum Gasteiger partial charge on any atom is 0.225 e. The normalized spacial score (nSPS) is 27.9. The molecule has 18 heavy (non-hydrogen) atoms. The molecular formula is C13H14Cl2N2O. The topological polar surface area (TPSA) is 46.3 Å². The molecule has 0 spiro atoms. The Kier molecular flexibility index (Phi) is 3.00. The first-order valence-corrected chi connectivity index (χ1v) is 6.85. The van der Waals surface area contributed by atoms with Crippen LogP contribution in [-0.4, -0.2) is 22.9 Å². The molecule has 2 unspecified atom stereocenters. The van der Waals surface area contributed by atoms with E-state index in [0.717, 1.165) is 18.4 Å². The summed E-state index contributed by atoms with van der Waals surface area (Å²) in [6.45, 7) is 0. The molecule has 0 bridgehead atoms. The molecule has 3 rings (SSSR count). The Morgan fingerprint density at radius 1 is 1.22 bits per heavy atom. The number of hydrogen-bond donors (Lipinski definition) is 1. The van der Waals surface area contributed by atoms with E-state index in [9.17, 15) is 4.79 Å². The van der Waals surface area contributed by atoms with Crippen LogP contribution in [0.5, 0.6) is 0 Å². The van der Waals surface area contributed by atoms with E-state index >= 15 is 0 Å². The number of likely N-dealkylation sites (tertiary alicyclic amines) is 1. The van der Waals surface area contributed by atoms with Gasteiger partial charge in [-0.3, -0.25) is 4.79 Å². The molecule has 2 fully saturated rings. The van der Waals surface area contributed by atoms with Crippen LogP contribution in [-0.2, 0) is 4.79 Å². The van der Waals surface area contributed by atoms with E-state index < -0.39 is 0 Å². The summed E-state index contributed by atoms with van der Waals surface area (Å²) in [6, 6.07) is 5.65. The zero-order valence-corrected chi connectivity index (χ0v) is 11.3. The SMILES string of the molecule is NC1CC(=O)N(C2CC2)C1c1ccc(Cl)c(Cl)c1. The van der Waals surface area contributed by atoms with E-state index in [0.29, 0.717) is 22.5 Å². The maximum absolute atomic E-state index is 12.0. The van der Waals surface area contributed by atoms with Crippen molar-refractivity contribution in [2.45, 2.75) is 37.4 Å². The summed E-state index contributed by atoms with van der Waals surface area (Å²) in [5.41, 5.74) is 7.09. The molecule has 2 N–H and O–H groups in total. The zero-order valence-electron chi connectivity index (χ0n) is 9.77. The molecule has 1 saturated carbocycles. The van der Waals surface area contributed by atoms with Gasteiger partial charge in [-0.25, -0.2) is 0 Å². The van der Waals surface area contributed by atoms with Gasteiger partial charge in [0.15, 0.2) is 0 Å². The van der Waals surface area contributed by atoms with Crippen molar-refractivity contribution in [1.82, 2.24) is 4.90 Å². The second kappa shape index (κ2) is 4.41. The molecule has 5 heteroatoms. The van der Waals surface area contributed by atoms with Gasteiger partial charge in [-0.1, -0.05) is 29.3 Å². The number of hydrogen-bond acceptors (Lipinski definition) is 2. The number of amides is 1. The van der Waals surface area contributed by atoms with Crippen molar-refractivity contribution in [3.8, 4) is 0 Å². The minimum absolute atomic E-state index is 0.0558. The highest BCUT2D eigenvalue weighted by Crippen LogP contribution is 2.42. The number of rotatable bonds is 2. The van der Waals surface area contributed by atoms with Crippen LogP contribution in [0.25, 0.3) is 0 Å². The molecule has 2 aliphatic rings. The summed E-state index contributed by atoms with van der Waals surface area (Å²) in [6.07, 6.45) is 2.58. The Balaban J connectivity index is 1.97. The standard InChI is InChI=1S/C13H14Cl2N2O/c14-9-4-1-7(5-10(9)15)13-11(16)6-12(18)17(13)8-2-3-8/h1,4-5,8,11,13H,2-3,6,16H2. The van der Waals surface area contributed by atoms with E-state index in [1.807, 2.05) is 17.0 Å². The summed E-state index contributed by atoms with van der Waals surface area (Å²) >= 11 is 12.0. The lowest BCUT2D eigenvalue weighted by Crippen LogP contribution is -2.34. The molecule has 3 nitrogen and oxygen atoms in total. The highest BCUT2D eigenvalue weighted by Gasteiger charge is 2.45. The Morgan fingerprint density at radius 2 is 1.94 bits per heavy atom.